The largest absolute Gasteiger partial charge is 0.493 e. The summed E-state index contributed by atoms with van der Waals surface area (Å²) in [5.74, 6) is -1.86. The fraction of sp³-hybridized carbons (Fsp3) is 0.348. The zero-order chi connectivity index (χ0) is 23.3. The molecular weight excluding hydrogens is 420 g/mol. The quantitative estimate of drug-likeness (QED) is 0.678. The van der Waals surface area contributed by atoms with Crippen molar-refractivity contribution in [2.45, 2.75) is 18.9 Å². The van der Waals surface area contributed by atoms with Gasteiger partial charge in [0.1, 0.15) is 17.7 Å². The molecular formula is C23H23F2N3O4. The van der Waals surface area contributed by atoms with Gasteiger partial charge in [0.25, 0.3) is 0 Å². The highest BCUT2D eigenvalue weighted by atomic mass is 19.1. The number of hydrogen-bond acceptors (Lipinski definition) is 5. The Kier molecular flexibility index (Phi) is 7.25. The fourth-order valence-electron chi connectivity index (χ4n) is 3.64. The number of ether oxygens (including phenoxy) is 2. The third-order valence-corrected chi connectivity index (χ3v) is 5.39. The molecule has 0 bridgehead atoms. The van der Waals surface area contributed by atoms with Crippen LogP contribution >= 0.6 is 0 Å². The Morgan fingerprint density at radius 3 is 2.62 bits per heavy atom. The first-order chi connectivity index (χ1) is 15.4. The molecule has 2 aromatic carbocycles. The van der Waals surface area contributed by atoms with E-state index in [4.69, 9.17) is 9.47 Å². The van der Waals surface area contributed by atoms with E-state index in [1.807, 2.05) is 18.2 Å². The average molecular weight is 443 g/mol. The summed E-state index contributed by atoms with van der Waals surface area (Å²) in [5, 5.41) is 11.8. The molecule has 1 heterocycles. The number of nitrogens with one attached hydrogen (secondary N) is 1. The van der Waals surface area contributed by atoms with Crippen LogP contribution in [0.2, 0.25) is 0 Å². The van der Waals surface area contributed by atoms with Crippen molar-refractivity contribution in [1.29, 1.82) is 5.26 Å². The van der Waals surface area contributed by atoms with Crippen LogP contribution in [0.4, 0.5) is 8.78 Å². The minimum atomic E-state index is -1.28. The van der Waals surface area contributed by atoms with Gasteiger partial charge in [-0.1, -0.05) is 12.1 Å². The van der Waals surface area contributed by atoms with Crippen LogP contribution < -0.4 is 14.8 Å². The molecule has 0 aliphatic carbocycles. The third-order valence-electron chi connectivity index (χ3n) is 5.39. The second kappa shape index (κ2) is 10.1. The molecule has 2 unspecified atom stereocenters. The summed E-state index contributed by atoms with van der Waals surface area (Å²) in [5.41, 5.74) is 0.816. The first-order valence-corrected chi connectivity index (χ1v) is 9.99. The summed E-state index contributed by atoms with van der Waals surface area (Å²) in [6, 6.07) is 8.81. The Hall–Kier alpha value is -3.67. The Bertz CT molecular complexity index is 1050. The van der Waals surface area contributed by atoms with Gasteiger partial charge in [0.2, 0.25) is 11.8 Å². The average Bonchev–Trinajstić information content (AvgIpc) is 3.16. The molecule has 1 aliphatic rings. The molecule has 9 heteroatoms. The number of benzene rings is 2. The van der Waals surface area contributed by atoms with Crippen molar-refractivity contribution in [3.05, 3.63) is 59.2 Å². The van der Waals surface area contributed by atoms with E-state index in [0.29, 0.717) is 30.5 Å². The molecule has 1 N–H and O–H groups in total. The van der Waals surface area contributed by atoms with E-state index >= 15 is 0 Å². The van der Waals surface area contributed by atoms with Gasteiger partial charge in [0.15, 0.2) is 11.5 Å². The van der Waals surface area contributed by atoms with Crippen molar-refractivity contribution < 1.29 is 27.8 Å². The van der Waals surface area contributed by atoms with E-state index in [1.165, 1.54) is 0 Å². The molecule has 1 saturated heterocycles. The van der Waals surface area contributed by atoms with Gasteiger partial charge in [-0.25, -0.2) is 8.78 Å². The Morgan fingerprint density at radius 1 is 1.22 bits per heavy atom. The van der Waals surface area contributed by atoms with Crippen molar-refractivity contribution in [3.63, 3.8) is 0 Å². The van der Waals surface area contributed by atoms with Crippen LogP contribution in [0.3, 0.4) is 0 Å². The predicted octanol–water partition coefficient (Wildman–Crippen LogP) is 2.75. The first kappa shape index (κ1) is 23.0. The summed E-state index contributed by atoms with van der Waals surface area (Å²) in [6.45, 7) is 0.606. The summed E-state index contributed by atoms with van der Waals surface area (Å²) >= 11 is 0. The lowest BCUT2D eigenvalue weighted by Crippen LogP contribution is -2.35. The van der Waals surface area contributed by atoms with Crippen molar-refractivity contribution in [1.82, 2.24) is 10.2 Å². The summed E-state index contributed by atoms with van der Waals surface area (Å²) in [7, 11) is 3.09. The smallest absolute Gasteiger partial charge is 0.226 e. The highest BCUT2D eigenvalue weighted by Gasteiger charge is 2.35. The van der Waals surface area contributed by atoms with E-state index < -0.39 is 29.5 Å². The third kappa shape index (κ3) is 5.14. The molecule has 3 rings (SSSR count). The minimum absolute atomic E-state index is 0.00180. The minimum Gasteiger partial charge on any atom is -0.493 e. The lowest BCUT2D eigenvalue weighted by molar-refractivity contribution is -0.129. The standard InChI is InChI=1S/C23H23F2N3O4/c1-31-20-6-3-14(9-21(20)32-2)7-8-28-13-15(10-22(28)29)23(30)27-19(12-26)17-5-4-16(24)11-18(17)25/h3-6,9,11,15,19H,7-8,10,13H2,1-2H3,(H,27,30). The zero-order valence-corrected chi connectivity index (χ0v) is 17.7. The molecule has 32 heavy (non-hydrogen) atoms. The van der Waals surface area contributed by atoms with Crippen LogP contribution in [0.1, 0.15) is 23.6 Å². The number of carbonyl (C=O) groups excluding carboxylic acids is 2. The van der Waals surface area contributed by atoms with Gasteiger partial charge in [0, 0.05) is 31.1 Å². The number of methoxy groups -OCH3 is 2. The molecule has 1 aliphatic heterocycles. The predicted molar refractivity (Wildman–Crippen MR) is 111 cm³/mol. The van der Waals surface area contributed by atoms with Gasteiger partial charge in [-0.15, -0.1) is 0 Å². The summed E-state index contributed by atoms with van der Waals surface area (Å²) in [4.78, 5) is 26.6. The molecule has 0 radical (unpaired) electrons. The normalized spacial score (nSPS) is 16.4. The van der Waals surface area contributed by atoms with Gasteiger partial charge in [-0.2, -0.15) is 5.26 Å². The highest BCUT2D eigenvalue weighted by Crippen LogP contribution is 2.28. The van der Waals surface area contributed by atoms with Crippen LogP contribution in [0.15, 0.2) is 36.4 Å². The molecule has 1 fully saturated rings. The monoisotopic (exact) mass is 443 g/mol. The lowest BCUT2D eigenvalue weighted by Gasteiger charge is -2.18. The fourth-order valence-corrected chi connectivity index (χ4v) is 3.64. The number of carbonyl (C=O) groups is 2. The van der Waals surface area contributed by atoms with Crippen molar-refractivity contribution in [3.8, 4) is 17.6 Å². The van der Waals surface area contributed by atoms with Gasteiger partial charge < -0.3 is 19.7 Å². The number of amides is 2. The molecule has 2 atom stereocenters. The van der Waals surface area contributed by atoms with Crippen LogP contribution in [0.25, 0.3) is 0 Å². The van der Waals surface area contributed by atoms with Gasteiger partial charge in [-0.05, 0) is 30.2 Å². The molecule has 0 spiro atoms. The second-order valence-corrected chi connectivity index (χ2v) is 7.42. The highest BCUT2D eigenvalue weighted by molar-refractivity contribution is 5.89. The molecule has 2 aromatic rings. The maximum Gasteiger partial charge on any atom is 0.226 e. The van der Waals surface area contributed by atoms with Gasteiger partial charge >= 0.3 is 0 Å². The Labute approximate surface area is 184 Å². The Balaban J connectivity index is 1.60. The summed E-state index contributed by atoms with van der Waals surface area (Å²) in [6.07, 6.45) is 0.559. The maximum atomic E-state index is 14.0. The molecule has 7 nitrogen and oxygen atoms in total. The molecule has 0 saturated carbocycles. The van der Waals surface area contributed by atoms with E-state index in [1.54, 1.807) is 25.2 Å². The SMILES string of the molecule is COc1ccc(CCN2CC(C(=O)NC(C#N)c3ccc(F)cc3F)CC2=O)cc1OC. The maximum absolute atomic E-state index is 14.0. The Morgan fingerprint density at radius 2 is 1.97 bits per heavy atom. The van der Waals surface area contributed by atoms with Gasteiger partial charge in [0.05, 0.1) is 26.2 Å². The number of likely N-dealkylation sites (tertiary alicyclic amines) is 1. The van der Waals surface area contributed by atoms with E-state index in [9.17, 15) is 23.6 Å². The van der Waals surface area contributed by atoms with E-state index in [-0.39, 0.29) is 24.4 Å². The number of halogens is 2. The number of nitrogens with zero attached hydrogens (tertiary/aromatic N) is 2. The summed E-state index contributed by atoms with van der Waals surface area (Å²) < 4.78 is 37.6. The number of nitriles is 1. The van der Waals surface area contributed by atoms with Crippen molar-refractivity contribution >= 4 is 11.8 Å². The van der Waals surface area contributed by atoms with E-state index in [0.717, 1.165) is 17.7 Å². The molecule has 2 amide bonds. The van der Waals surface area contributed by atoms with Crippen LogP contribution in [-0.4, -0.2) is 44.0 Å². The molecule has 168 valence electrons. The van der Waals surface area contributed by atoms with Crippen molar-refractivity contribution in [2.24, 2.45) is 5.92 Å². The first-order valence-electron chi connectivity index (χ1n) is 9.99. The number of rotatable bonds is 8. The molecule has 0 aromatic heterocycles. The van der Waals surface area contributed by atoms with E-state index in [2.05, 4.69) is 5.32 Å². The van der Waals surface area contributed by atoms with Gasteiger partial charge in [-0.3, -0.25) is 9.59 Å². The van der Waals surface area contributed by atoms with Crippen molar-refractivity contribution in [2.75, 3.05) is 27.3 Å². The van der Waals surface area contributed by atoms with Crippen LogP contribution in [0.5, 0.6) is 11.5 Å². The topological polar surface area (TPSA) is 91.7 Å². The zero-order valence-electron chi connectivity index (χ0n) is 17.7. The lowest BCUT2D eigenvalue weighted by atomic mass is 10.0. The van der Waals surface area contributed by atoms with Crippen LogP contribution in [-0.2, 0) is 16.0 Å². The number of hydrogen-bond donors (Lipinski definition) is 1. The second-order valence-electron chi connectivity index (χ2n) is 7.42. The van der Waals surface area contributed by atoms with Crippen LogP contribution in [0, 0.1) is 28.9 Å².